The van der Waals surface area contributed by atoms with Crippen LogP contribution in [0.15, 0.2) is 18.2 Å². The number of carbonyl (C=O) groups excluding carboxylic acids is 1. The van der Waals surface area contributed by atoms with Gasteiger partial charge in [0.2, 0.25) is 5.91 Å². The average Bonchev–Trinajstić information content (AvgIpc) is 2.43. The molecule has 0 aliphatic heterocycles. The van der Waals surface area contributed by atoms with Gasteiger partial charge >= 0.3 is 6.18 Å². The summed E-state index contributed by atoms with van der Waals surface area (Å²) in [5.74, 6) is 0.0335. The zero-order valence-electron chi connectivity index (χ0n) is 12.5. The van der Waals surface area contributed by atoms with Gasteiger partial charge in [0.15, 0.2) is 17.1 Å². The standard InChI is InChI=1S/C14H18F3NO4/c1-13(20,14(15,16)17)7-12(19)18-8-9-4-5-10(21-2)11(6-9)22-3/h4-6,20H,7-8H2,1-3H3,(H,18,19)/t13-/m1/s1. The Morgan fingerprint density at radius 2 is 1.82 bits per heavy atom. The van der Waals surface area contributed by atoms with Crippen LogP contribution in [-0.2, 0) is 11.3 Å². The molecule has 1 amide bonds. The Balaban J connectivity index is 2.65. The molecule has 0 aliphatic carbocycles. The van der Waals surface area contributed by atoms with Crippen molar-refractivity contribution in [3.63, 3.8) is 0 Å². The second-order valence-corrected chi connectivity index (χ2v) is 4.91. The van der Waals surface area contributed by atoms with E-state index in [4.69, 9.17) is 9.47 Å². The minimum absolute atomic E-state index is 0.00707. The van der Waals surface area contributed by atoms with Crippen molar-refractivity contribution in [3.05, 3.63) is 23.8 Å². The van der Waals surface area contributed by atoms with Gasteiger partial charge in [0.25, 0.3) is 0 Å². The molecule has 22 heavy (non-hydrogen) atoms. The molecule has 0 aromatic heterocycles. The van der Waals surface area contributed by atoms with Gasteiger partial charge in [-0.2, -0.15) is 13.2 Å². The molecule has 0 unspecified atom stereocenters. The minimum Gasteiger partial charge on any atom is -0.493 e. The topological polar surface area (TPSA) is 67.8 Å². The quantitative estimate of drug-likeness (QED) is 0.841. The number of alkyl halides is 3. The van der Waals surface area contributed by atoms with Crippen molar-refractivity contribution in [2.75, 3.05) is 14.2 Å². The maximum atomic E-state index is 12.5. The molecule has 0 saturated carbocycles. The molecular formula is C14H18F3NO4. The highest BCUT2D eigenvalue weighted by atomic mass is 19.4. The molecule has 5 nitrogen and oxygen atoms in total. The van der Waals surface area contributed by atoms with Crippen LogP contribution >= 0.6 is 0 Å². The summed E-state index contributed by atoms with van der Waals surface area (Å²) in [6.07, 6.45) is -5.93. The largest absolute Gasteiger partial charge is 0.493 e. The van der Waals surface area contributed by atoms with Crippen molar-refractivity contribution < 1.29 is 32.5 Å². The van der Waals surface area contributed by atoms with E-state index in [1.165, 1.54) is 14.2 Å². The molecule has 1 aromatic carbocycles. The lowest BCUT2D eigenvalue weighted by Crippen LogP contribution is -2.46. The van der Waals surface area contributed by atoms with Crippen molar-refractivity contribution in [1.82, 2.24) is 5.32 Å². The summed E-state index contributed by atoms with van der Waals surface area (Å²) < 4.78 is 47.6. The first kappa shape index (κ1) is 18.1. The van der Waals surface area contributed by atoms with E-state index in [0.29, 0.717) is 24.0 Å². The fourth-order valence-electron chi connectivity index (χ4n) is 1.67. The van der Waals surface area contributed by atoms with Crippen LogP contribution in [0.3, 0.4) is 0 Å². The highest BCUT2D eigenvalue weighted by Crippen LogP contribution is 2.32. The second kappa shape index (κ2) is 6.87. The van der Waals surface area contributed by atoms with Gasteiger partial charge in [0, 0.05) is 6.54 Å². The van der Waals surface area contributed by atoms with Crippen molar-refractivity contribution in [2.45, 2.75) is 31.7 Å². The molecule has 2 N–H and O–H groups in total. The molecule has 8 heteroatoms. The summed E-state index contributed by atoms with van der Waals surface area (Å²) in [6, 6.07) is 4.86. The van der Waals surface area contributed by atoms with E-state index in [2.05, 4.69) is 5.32 Å². The van der Waals surface area contributed by atoms with E-state index in [1.807, 2.05) is 0 Å². The van der Waals surface area contributed by atoms with Gasteiger partial charge in [-0.05, 0) is 24.6 Å². The van der Waals surface area contributed by atoms with E-state index in [9.17, 15) is 23.1 Å². The van der Waals surface area contributed by atoms with Crippen molar-refractivity contribution in [1.29, 1.82) is 0 Å². The van der Waals surface area contributed by atoms with Crippen molar-refractivity contribution in [2.24, 2.45) is 0 Å². The fraction of sp³-hybridized carbons (Fsp3) is 0.500. The number of benzene rings is 1. The minimum atomic E-state index is -4.87. The van der Waals surface area contributed by atoms with Crippen LogP contribution in [0.2, 0.25) is 0 Å². The van der Waals surface area contributed by atoms with E-state index in [1.54, 1.807) is 18.2 Å². The van der Waals surface area contributed by atoms with Gasteiger partial charge < -0.3 is 19.9 Å². The van der Waals surface area contributed by atoms with Gasteiger partial charge in [0.05, 0.1) is 20.6 Å². The molecular weight excluding hydrogens is 303 g/mol. The lowest BCUT2D eigenvalue weighted by atomic mass is 10.0. The highest BCUT2D eigenvalue weighted by Gasteiger charge is 2.50. The first-order valence-corrected chi connectivity index (χ1v) is 6.37. The third-order valence-electron chi connectivity index (χ3n) is 3.05. The third kappa shape index (κ3) is 4.52. The summed E-state index contributed by atoms with van der Waals surface area (Å²) in [4.78, 5) is 11.5. The smallest absolute Gasteiger partial charge is 0.417 e. The maximum absolute atomic E-state index is 12.5. The number of rotatable bonds is 6. The van der Waals surface area contributed by atoms with Crippen LogP contribution in [0.5, 0.6) is 11.5 Å². The number of halogens is 3. The number of carbonyl (C=O) groups is 1. The molecule has 0 aliphatic rings. The average molecular weight is 321 g/mol. The molecule has 0 heterocycles. The third-order valence-corrected chi connectivity index (χ3v) is 3.05. The Labute approximate surface area is 126 Å². The summed E-state index contributed by atoms with van der Waals surface area (Å²) in [6.45, 7) is 0.566. The predicted octanol–water partition coefficient (Wildman–Crippen LogP) is 2.02. The Hall–Kier alpha value is -1.96. The molecule has 124 valence electrons. The molecule has 0 spiro atoms. The number of nitrogens with one attached hydrogen (secondary N) is 1. The van der Waals surface area contributed by atoms with Crippen molar-refractivity contribution >= 4 is 5.91 Å². The molecule has 0 bridgehead atoms. The molecule has 1 rings (SSSR count). The number of amides is 1. The summed E-state index contributed by atoms with van der Waals surface area (Å²) >= 11 is 0. The molecule has 1 atom stereocenters. The zero-order valence-corrected chi connectivity index (χ0v) is 12.5. The van der Waals surface area contributed by atoms with Crippen LogP contribution in [-0.4, -0.2) is 37.0 Å². The first-order valence-electron chi connectivity index (χ1n) is 6.37. The summed E-state index contributed by atoms with van der Waals surface area (Å²) in [5, 5.41) is 11.6. The second-order valence-electron chi connectivity index (χ2n) is 4.91. The van der Waals surface area contributed by atoms with E-state index >= 15 is 0 Å². The lowest BCUT2D eigenvalue weighted by molar-refractivity contribution is -0.253. The Morgan fingerprint density at radius 1 is 1.23 bits per heavy atom. The van der Waals surface area contributed by atoms with E-state index in [0.717, 1.165) is 0 Å². The van der Waals surface area contributed by atoms with Gasteiger partial charge in [-0.15, -0.1) is 0 Å². The lowest BCUT2D eigenvalue weighted by Gasteiger charge is -2.25. The zero-order chi connectivity index (χ0) is 17.0. The van der Waals surface area contributed by atoms with E-state index < -0.39 is 24.1 Å². The molecule has 1 aromatic rings. The number of aliphatic hydroxyl groups is 1. The van der Waals surface area contributed by atoms with Crippen LogP contribution in [0, 0.1) is 0 Å². The Kier molecular flexibility index (Phi) is 5.65. The number of ether oxygens (including phenoxy) is 2. The fourth-order valence-corrected chi connectivity index (χ4v) is 1.67. The van der Waals surface area contributed by atoms with Crippen LogP contribution in [0.4, 0.5) is 13.2 Å². The Bertz CT molecular complexity index is 529. The van der Waals surface area contributed by atoms with Crippen LogP contribution < -0.4 is 14.8 Å². The highest BCUT2D eigenvalue weighted by molar-refractivity contribution is 5.77. The van der Waals surface area contributed by atoms with Gasteiger partial charge in [-0.1, -0.05) is 6.07 Å². The van der Waals surface area contributed by atoms with Crippen molar-refractivity contribution in [3.8, 4) is 11.5 Å². The maximum Gasteiger partial charge on any atom is 0.417 e. The summed E-state index contributed by atoms with van der Waals surface area (Å²) in [5.41, 5.74) is -2.44. The van der Waals surface area contributed by atoms with Crippen LogP contribution in [0.1, 0.15) is 18.9 Å². The SMILES string of the molecule is COc1ccc(CNC(=O)C[C@@](C)(O)C(F)(F)F)cc1OC. The van der Waals surface area contributed by atoms with Gasteiger partial charge in [0.1, 0.15) is 0 Å². The monoisotopic (exact) mass is 321 g/mol. The van der Waals surface area contributed by atoms with Crippen LogP contribution in [0.25, 0.3) is 0 Å². The van der Waals surface area contributed by atoms with E-state index in [-0.39, 0.29) is 6.54 Å². The first-order chi connectivity index (χ1) is 10.1. The summed E-state index contributed by atoms with van der Waals surface area (Å²) in [7, 11) is 2.92. The molecule has 0 saturated heterocycles. The number of methoxy groups -OCH3 is 2. The Morgan fingerprint density at radius 3 is 2.32 bits per heavy atom. The normalized spacial score (nSPS) is 14.1. The predicted molar refractivity (Wildman–Crippen MR) is 72.7 cm³/mol. The number of hydrogen-bond acceptors (Lipinski definition) is 4. The number of hydrogen-bond donors (Lipinski definition) is 2. The van der Waals surface area contributed by atoms with Gasteiger partial charge in [-0.25, -0.2) is 0 Å². The molecule has 0 fully saturated rings. The van der Waals surface area contributed by atoms with Gasteiger partial charge in [-0.3, -0.25) is 4.79 Å². The molecule has 0 radical (unpaired) electrons.